The Morgan fingerprint density at radius 3 is 2.39 bits per heavy atom. The largest absolute Gasteiger partial charge is 0.376 e. The minimum Gasteiger partial charge on any atom is -0.376 e. The normalized spacial score (nSPS) is 10.7. The molecule has 0 fully saturated rings. The van der Waals surface area contributed by atoms with Crippen LogP contribution in [0.2, 0.25) is 15.1 Å². The van der Waals surface area contributed by atoms with E-state index in [-0.39, 0.29) is 0 Å². The number of benzene rings is 1. The number of halogens is 3. The highest BCUT2D eigenvalue weighted by Gasteiger charge is 2.08. The molecule has 1 heterocycles. The van der Waals surface area contributed by atoms with Crippen LogP contribution in [0.25, 0.3) is 0 Å². The van der Waals surface area contributed by atoms with E-state index in [1.165, 1.54) is 0 Å². The Bertz CT molecular complexity index is 580. The van der Waals surface area contributed by atoms with Gasteiger partial charge in [0.1, 0.15) is 5.82 Å². The van der Waals surface area contributed by atoms with Crippen LogP contribution in [0, 0.1) is 6.92 Å². The van der Waals surface area contributed by atoms with Crippen molar-refractivity contribution >= 4 is 40.5 Å². The van der Waals surface area contributed by atoms with Crippen LogP contribution in [0.3, 0.4) is 0 Å². The van der Waals surface area contributed by atoms with Crippen LogP contribution >= 0.6 is 34.8 Å². The molecule has 0 aliphatic carbocycles. The lowest BCUT2D eigenvalue weighted by atomic mass is 10.3. The number of nitrogens with one attached hydrogen (secondary N) is 1. The highest BCUT2D eigenvalue weighted by molar-refractivity contribution is 6.44. The minimum atomic E-state index is 0.432. The zero-order valence-corrected chi connectivity index (χ0v) is 12.1. The van der Waals surface area contributed by atoms with Gasteiger partial charge in [0.05, 0.1) is 27.3 Å². The Morgan fingerprint density at radius 1 is 1.11 bits per heavy atom. The van der Waals surface area contributed by atoms with Crippen molar-refractivity contribution < 1.29 is 0 Å². The topological polar surface area (TPSA) is 42.7 Å². The van der Waals surface area contributed by atoms with E-state index in [1.807, 2.05) is 18.5 Å². The van der Waals surface area contributed by atoms with E-state index in [4.69, 9.17) is 34.8 Å². The average molecular weight is 306 g/mol. The molecule has 0 aliphatic rings. The average Bonchev–Trinajstić information content (AvgIpc) is 2.63. The lowest BCUT2D eigenvalue weighted by molar-refractivity contribution is 0.789. The number of anilines is 1. The molecule has 18 heavy (non-hydrogen) atoms. The van der Waals surface area contributed by atoms with Gasteiger partial charge in [0.25, 0.3) is 0 Å². The monoisotopic (exact) mass is 304 g/mol. The SMILES string of the molecule is Cc1nnc(CNc2cc(Cl)c(Cl)cc2Cl)n1C. The third kappa shape index (κ3) is 2.71. The number of hydrogen-bond acceptors (Lipinski definition) is 3. The third-order valence-corrected chi connectivity index (χ3v) is 3.66. The second-order valence-electron chi connectivity index (χ2n) is 3.82. The number of nitrogens with zero attached hydrogens (tertiary/aromatic N) is 3. The first-order valence-electron chi connectivity index (χ1n) is 5.22. The van der Waals surface area contributed by atoms with E-state index in [1.54, 1.807) is 12.1 Å². The molecule has 4 nitrogen and oxygen atoms in total. The molecule has 96 valence electrons. The van der Waals surface area contributed by atoms with Crippen molar-refractivity contribution in [1.82, 2.24) is 14.8 Å². The van der Waals surface area contributed by atoms with Gasteiger partial charge in [0.2, 0.25) is 0 Å². The highest BCUT2D eigenvalue weighted by Crippen LogP contribution is 2.32. The van der Waals surface area contributed by atoms with Gasteiger partial charge >= 0.3 is 0 Å². The maximum atomic E-state index is 6.06. The molecule has 1 aromatic carbocycles. The van der Waals surface area contributed by atoms with E-state index < -0.39 is 0 Å². The van der Waals surface area contributed by atoms with Gasteiger partial charge in [-0.3, -0.25) is 0 Å². The molecule has 0 atom stereocenters. The van der Waals surface area contributed by atoms with Crippen molar-refractivity contribution in [1.29, 1.82) is 0 Å². The lowest BCUT2D eigenvalue weighted by Gasteiger charge is -2.09. The quantitative estimate of drug-likeness (QED) is 0.879. The van der Waals surface area contributed by atoms with E-state index in [2.05, 4.69) is 15.5 Å². The smallest absolute Gasteiger partial charge is 0.152 e. The van der Waals surface area contributed by atoms with E-state index in [9.17, 15) is 0 Å². The molecule has 2 rings (SSSR count). The Balaban J connectivity index is 2.16. The van der Waals surface area contributed by atoms with E-state index in [0.717, 1.165) is 11.6 Å². The van der Waals surface area contributed by atoms with Crippen molar-refractivity contribution in [2.45, 2.75) is 13.5 Å². The second-order valence-corrected chi connectivity index (χ2v) is 5.04. The summed E-state index contributed by atoms with van der Waals surface area (Å²) in [5.41, 5.74) is 0.715. The van der Waals surface area contributed by atoms with E-state index >= 15 is 0 Å². The zero-order chi connectivity index (χ0) is 13.3. The molecule has 0 unspecified atom stereocenters. The van der Waals surface area contributed by atoms with Crippen LogP contribution in [-0.2, 0) is 13.6 Å². The summed E-state index contributed by atoms with van der Waals surface area (Å²) in [5.74, 6) is 1.67. The van der Waals surface area contributed by atoms with Gasteiger partial charge in [-0.1, -0.05) is 34.8 Å². The van der Waals surface area contributed by atoms with Gasteiger partial charge in [0.15, 0.2) is 5.82 Å². The van der Waals surface area contributed by atoms with Crippen molar-refractivity contribution in [3.05, 3.63) is 38.8 Å². The summed E-state index contributed by atoms with van der Waals surface area (Å²) in [5, 5.41) is 12.6. The minimum absolute atomic E-state index is 0.432. The third-order valence-electron chi connectivity index (χ3n) is 2.63. The molecule has 7 heteroatoms. The molecular weight excluding hydrogens is 295 g/mol. The van der Waals surface area contributed by atoms with Gasteiger partial charge in [-0.2, -0.15) is 0 Å². The first-order chi connectivity index (χ1) is 8.49. The number of aryl methyl sites for hydroxylation is 1. The van der Waals surface area contributed by atoms with Crippen molar-refractivity contribution in [2.75, 3.05) is 5.32 Å². The Kier molecular flexibility index (Phi) is 4.00. The predicted octanol–water partition coefficient (Wildman–Crippen LogP) is 3.70. The molecule has 2 aromatic rings. The summed E-state index contributed by atoms with van der Waals surface area (Å²) in [6.45, 7) is 2.40. The Labute approximate surface area is 120 Å². The number of rotatable bonds is 3. The van der Waals surface area contributed by atoms with Gasteiger partial charge in [-0.15, -0.1) is 10.2 Å². The summed E-state index contributed by atoms with van der Waals surface area (Å²) in [6, 6.07) is 3.30. The number of aromatic nitrogens is 3. The van der Waals surface area contributed by atoms with Crippen LogP contribution in [0.4, 0.5) is 5.69 Å². The fraction of sp³-hybridized carbons (Fsp3) is 0.273. The maximum absolute atomic E-state index is 6.06. The zero-order valence-electron chi connectivity index (χ0n) is 9.84. The molecule has 0 saturated heterocycles. The van der Waals surface area contributed by atoms with Crippen molar-refractivity contribution in [3.8, 4) is 0 Å². The molecule has 1 N–H and O–H groups in total. The second kappa shape index (κ2) is 5.34. The van der Waals surface area contributed by atoms with Gasteiger partial charge in [-0.05, 0) is 19.1 Å². The highest BCUT2D eigenvalue weighted by atomic mass is 35.5. The summed E-state index contributed by atoms with van der Waals surface area (Å²) < 4.78 is 1.90. The number of hydrogen-bond donors (Lipinski definition) is 1. The summed E-state index contributed by atoms with van der Waals surface area (Å²) >= 11 is 17.9. The van der Waals surface area contributed by atoms with Crippen molar-refractivity contribution in [2.24, 2.45) is 7.05 Å². The van der Waals surface area contributed by atoms with Crippen LogP contribution < -0.4 is 5.32 Å². The maximum Gasteiger partial charge on any atom is 0.152 e. The van der Waals surface area contributed by atoms with Crippen LogP contribution in [-0.4, -0.2) is 14.8 Å². The van der Waals surface area contributed by atoms with Crippen LogP contribution in [0.5, 0.6) is 0 Å². The summed E-state index contributed by atoms with van der Waals surface area (Å²) in [6.07, 6.45) is 0. The molecule has 1 aromatic heterocycles. The lowest BCUT2D eigenvalue weighted by Crippen LogP contribution is -2.07. The molecule has 0 bridgehead atoms. The molecular formula is C11H11Cl3N4. The molecule has 0 spiro atoms. The van der Waals surface area contributed by atoms with Crippen molar-refractivity contribution in [3.63, 3.8) is 0 Å². The molecule has 0 radical (unpaired) electrons. The summed E-state index contributed by atoms with van der Waals surface area (Å²) in [4.78, 5) is 0. The Morgan fingerprint density at radius 2 is 1.78 bits per heavy atom. The van der Waals surface area contributed by atoms with Crippen LogP contribution in [0.1, 0.15) is 11.6 Å². The van der Waals surface area contributed by atoms with E-state index in [0.29, 0.717) is 27.3 Å². The van der Waals surface area contributed by atoms with Gasteiger partial charge in [0, 0.05) is 7.05 Å². The van der Waals surface area contributed by atoms with Crippen LogP contribution in [0.15, 0.2) is 12.1 Å². The fourth-order valence-corrected chi connectivity index (χ4v) is 2.05. The first kappa shape index (κ1) is 13.5. The molecule has 0 amide bonds. The summed E-state index contributed by atoms with van der Waals surface area (Å²) in [7, 11) is 1.91. The molecule has 0 aliphatic heterocycles. The standard InChI is InChI=1S/C11H11Cl3N4/c1-6-16-17-11(18(6)2)5-15-10-4-8(13)7(12)3-9(10)14/h3-4,15H,5H2,1-2H3. The Hall–Kier alpha value is -0.970. The molecule has 0 saturated carbocycles. The fourth-order valence-electron chi connectivity index (χ4n) is 1.44. The van der Waals surface area contributed by atoms with Gasteiger partial charge in [-0.25, -0.2) is 0 Å². The predicted molar refractivity (Wildman–Crippen MR) is 74.5 cm³/mol. The first-order valence-corrected chi connectivity index (χ1v) is 6.35. The van der Waals surface area contributed by atoms with Gasteiger partial charge < -0.3 is 9.88 Å².